The molecule has 0 unspecified atom stereocenters. The van der Waals surface area contributed by atoms with Crippen molar-refractivity contribution in [3.8, 4) is 0 Å². The Morgan fingerprint density at radius 3 is 2.68 bits per heavy atom. The van der Waals surface area contributed by atoms with Gasteiger partial charge in [0, 0.05) is 33.1 Å². The lowest BCUT2D eigenvalue weighted by Crippen LogP contribution is -2.49. The zero-order valence-electron chi connectivity index (χ0n) is 18.0. The van der Waals surface area contributed by atoms with Crippen LogP contribution in [0, 0.1) is 0 Å². The van der Waals surface area contributed by atoms with Crippen LogP contribution in [0.2, 0.25) is 0 Å². The molecule has 0 radical (unpaired) electrons. The maximum absolute atomic E-state index is 12.1. The maximum Gasteiger partial charge on any atom is 0.323 e. The van der Waals surface area contributed by atoms with E-state index in [-0.39, 0.29) is 5.91 Å². The molecule has 0 aromatic carbocycles. The number of hydrazine groups is 1. The smallest absolute Gasteiger partial charge is 0.323 e. The summed E-state index contributed by atoms with van der Waals surface area (Å²) in [6.07, 6.45) is 5.61. The monoisotopic (exact) mass is 395 g/mol. The lowest BCUT2D eigenvalue weighted by atomic mass is 10.1. The van der Waals surface area contributed by atoms with Crippen LogP contribution in [-0.4, -0.2) is 60.5 Å². The highest BCUT2D eigenvalue weighted by molar-refractivity contribution is 5.98. The summed E-state index contributed by atoms with van der Waals surface area (Å²) < 4.78 is 5.35. The molecule has 1 heterocycles. The van der Waals surface area contributed by atoms with Crippen LogP contribution < -0.4 is 16.5 Å². The molecule has 8 heteroatoms. The van der Waals surface area contributed by atoms with Gasteiger partial charge in [-0.1, -0.05) is 13.0 Å². The zero-order chi connectivity index (χ0) is 21.2. The minimum absolute atomic E-state index is 0.0769. The second kappa shape index (κ2) is 11.8. The third kappa shape index (κ3) is 9.85. The van der Waals surface area contributed by atoms with Gasteiger partial charge in [0.1, 0.15) is 17.5 Å². The van der Waals surface area contributed by atoms with E-state index in [9.17, 15) is 9.59 Å². The standard InChI is InChI=1S/C20H37N5O3/c1-6-8-16-9-7-11-23-18(16)24-25(14-12-22-15(2)26)13-10-17(21)19(27)28-20(3,4)5/h8,17H,6-7,9-14,21H2,1-5H3,(H,22,26)(H,23,24)/b16-8-/t17-/m0/s1. The highest BCUT2D eigenvalue weighted by Gasteiger charge is 2.23. The minimum atomic E-state index is -0.705. The summed E-state index contributed by atoms with van der Waals surface area (Å²) in [5.74, 6) is 0.379. The summed E-state index contributed by atoms with van der Waals surface area (Å²) in [5, 5.41) is 4.75. The Morgan fingerprint density at radius 2 is 2.07 bits per heavy atom. The van der Waals surface area contributed by atoms with Crippen LogP contribution in [0.25, 0.3) is 0 Å². The SMILES string of the molecule is CC/C=C1/CCCN=C1NN(CCNC(C)=O)CC[C@H](N)C(=O)OC(C)(C)C. The van der Waals surface area contributed by atoms with Gasteiger partial charge in [0.25, 0.3) is 0 Å². The Bertz CT molecular complexity index is 581. The Labute approximate surface area is 168 Å². The molecule has 0 aromatic rings. The Hall–Kier alpha value is -1.93. The van der Waals surface area contributed by atoms with Crippen molar-refractivity contribution in [1.29, 1.82) is 0 Å². The fourth-order valence-electron chi connectivity index (χ4n) is 2.76. The third-order valence-electron chi connectivity index (χ3n) is 4.07. The first-order chi connectivity index (χ1) is 13.1. The molecule has 1 aliphatic heterocycles. The molecule has 0 aromatic heterocycles. The maximum atomic E-state index is 12.1. The number of nitrogens with zero attached hydrogens (tertiary/aromatic N) is 2. The number of amides is 1. The van der Waals surface area contributed by atoms with Crippen LogP contribution in [-0.2, 0) is 14.3 Å². The Morgan fingerprint density at radius 1 is 1.36 bits per heavy atom. The number of ether oxygens (including phenoxy) is 1. The number of carbonyl (C=O) groups excluding carboxylic acids is 2. The lowest BCUT2D eigenvalue weighted by Gasteiger charge is -2.29. The van der Waals surface area contributed by atoms with E-state index in [1.165, 1.54) is 12.5 Å². The number of nitrogens with two attached hydrogens (primary N) is 1. The second-order valence-corrected chi connectivity index (χ2v) is 7.98. The van der Waals surface area contributed by atoms with Gasteiger partial charge in [-0.3, -0.25) is 14.6 Å². The van der Waals surface area contributed by atoms with Gasteiger partial charge < -0.3 is 21.2 Å². The van der Waals surface area contributed by atoms with Crippen molar-refractivity contribution >= 4 is 17.7 Å². The average molecular weight is 396 g/mol. The normalized spacial score (nSPS) is 17.2. The number of carbonyl (C=O) groups is 2. The van der Waals surface area contributed by atoms with Gasteiger partial charge in [0.05, 0.1) is 0 Å². The lowest BCUT2D eigenvalue weighted by molar-refractivity contribution is -0.156. The summed E-state index contributed by atoms with van der Waals surface area (Å²) in [7, 11) is 0. The molecular formula is C20H37N5O3. The van der Waals surface area contributed by atoms with Crippen LogP contribution in [0.15, 0.2) is 16.6 Å². The molecule has 1 amide bonds. The van der Waals surface area contributed by atoms with Gasteiger partial charge in [0.2, 0.25) is 5.91 Å². The Balaban J connectivity index is 2.71. The van der Waals surface area contributed by atoms with Gasteiger partial charge in [0.15, 0.2) is 0 Å². The molecule has 160 valence electrons. The fraction of sp³-hybridized carbons (Fsp3) is 0.750. The third-order valence-corrected chi connectivity index (χ3v) is 4.07. The number of hydrogen-bond acceptors (Lipinski definition) is 7. The van der Waals surface area contributed by atoms with Gasteiger partial charge in [-0.2, -0.15) is 0 Å². The van der Waals surface area contributed by atoms with E-state index in [0.717, 1.165) is 31.6 Å². The number of amidine groups is 1. The molecular weight excluding hydrogens is 358 g/mol. The molecule has 0 spiro atoms. The number of hydrogen-bond donors (Lipinski definition) is 3. The van der Waals surface area contributed by atoms with Crippen LogP contribution in [0.1, 0.15) is 60.3 Å². The molecule has 0 saturated carbocycles. The van der Waals surface area contributed by atoms with Gasteiger partial charge >= 0.3 is 5.97 Å². The van der Waals surface area contributed by atoms with Crippen molar-refractivity contribution in [2.75, 3.05) is 26.2 Å². The minimum Gasteiger partial charge on any atom is -0.459 e. The average Bonchev–Trinajstić information content (AvgIpc) is 2.59. The molecule has 8 nitrogen and oxygen atoms in total. The topological polar surface area (TPSA) is 109 Å². The first-order valence-corrected chi connectivity index (χ1v) is 10.1. The number of aliphatic imine (C=N–C) groups is 1. The second-order valence-electron chi connectivity index (χ2n) is 7.98. The highest BCUT2D eigenvalue weighted by Crippen LogP contribution is 2.14. The fourth-order valence-corrected chi connectivity index (χ4v) is 2.76. The quantitative estimate of drug-likeness (QED) is 0.403. The van der Waals surface area contributed by atoms with E-state index in [1.807, 2.05) is 25.8 Å². The number of nitrogens with one attached hydrogen (secondary N) is 2. The van der Waals surface area contributed by atoms with E-state index in [4.69, 9.17) is 10.5 Å². The van der Waals surface area contributed by atoms with E-state index < -0.39 is 17.6 Å². The molecule has 0 bridgehead atoms. The van der Waals surface area contributed by atoms with Gasteiger partial charge in [-0.05, 0) is 52.0 Å². The summed E-state index contributed by atoms with van der Waals surface area (Å²) in [6, 6.07) is -0.705. The number of allylic oxidation sites excluding steroid dienone is 1. The van der Waals surface area contributed by atoms with Crippen LogP contribution in [0.4, 0.5) is 0 Å². The largest absolute Gasteiger partial charge is 0.459 e. The molecule has 0 saturated heterocycles. The summed E-state index contributed by atoms with van der Waals surface area (Å²) in [5.41, 5.74) is 10.0. The first-order valence-electron chi connectivity index (χ1n) is 10.1. The van der Waals surface area contributed by atoms with Crippen LogP contribution >= 0.6 is 0 Å². The van der Waals surface area contributed by atoms with E-state index >= 15 is 0 Å². The van der Waals surface area contributed by atoms with Crippen molar-refractivity contribution in [1.82, 2.24) is 15.8 Å². The predicted molar refractivity (Wildman–Crippen MR) is 112 cm³/mol. The molecule has 1 rings (SSSR count). The predicted octanol–water partition coefficient (Wildman–Crippen LogP) is 1.52. The summed E-state index contributed by atoms with van der Waals surface area (Å²) >= 11 is 0. The van der Waals surface area contributed by atoms with Crippen molar-refractivity contribution in [2.45, 2.75) is 71.9 Å². The van der Waals surface area contributed by atoms with Crippen molar-refractivity contribution < 1.29 is 14.3 Å². The van der Waals surface area contributed by atoms with E-state index in [0.29, 0.717) is 26.1 Å². The number of rotatable bonds is 9. The zero-order valence-corrected chi connectivity index (χ0v) is 18.0. The van der Waals surface area contributed by atoms with Crippen molar-refractivity contribution in [3.63, 3.8) is 0 Å². The first kappa shape index (κ1) is 24.1. The van der Waals surface area contributed by atoms with Gasteiger partial charge in [-0.25, -0.2) is 5.01 Å². The Kier molecular flexibility index (Phi) is 10.2. The molecule has 0 aliphatic carbocycles. The molecule has 0 fully saturated rings. The van der Waals surface area contributed by atoms with Crippen molar-refractivity contribution in [2.24, 2.45) is 10.7 Å². The van der Waals surface area contributed by atoms with Crippen LogP contribution in [0.5, 0.6) is 0 Å². The molecule has 1 aliphatic rings. The number of esters is 1. The highest BCUT2D eigenvalue weighted by atomic mass is 16.6. The summed E-state index contributed by atoms with van der Waals surface area (Å²) in [6.45, 7) is 11.4. The molecule has 4 N–H and O–H groups in total. The van der Waals surface area contributed by atoms with Gasteiger partial charge in [-0.15, -0.1) is 0 Å². The summed E-state index contributed by atoms with van der Waals surface area (Å²) in [4.78, 5) is 27.9. The molecule has 1 atom stereocenters. The van der Waals surface area contributed by atoms with E-state index in [1.54, 1.807) is 0 Å². The molecule has 28 heavy (non-hydrogen) atoms. The van der Waals surface area contributed by atoms with Crippen LogP contribution in [0.3, 0.4) is 0 Å². The van der Waals surface area contributed by atoms with E-state index in [2.05, 4.69) is 28.7 Å². The van der Waals surface area contributed by atoms with Crippen molar-refractivity contribution in [3.05, 3.63) is 11.6 Å².